The van der Waals surface area contributed by atoms with Crippen LogP contribution in [0.1, 0.15) is 34.3 Å². The Morgan fingerprint density at radius 3 is 2.57 bits per heavy atom. The summed E-state index contributed by atoms with van der Waals surface area (Å²) in [6, 6.07) is 15.6. The first-order valence-corrected chi connectivity index (χ1v) is 7.22. The number of unbranched alkanes of at least 4 members (excludes halogenated alkanes) is 1. The number of carbonyl (C=O) groups excluding carboxylic acids is 1. The molecule has 2 aromatic rings. The number of carbonyl (C=O) groups is 1. The van der Waals surface area contributed by atoms with E-state index in [4.69, 9.17) is 4.74 Å². The zero-order valence-corrected chi connectivity index (χ0v) is 12.1. The van der Waals surface area contributed by atoms with Crippen molar-refractivity contribution in [3.8, 4) is 5.75 Å². The standard InChI is InChI=1S/C19H20O2/c1-2-16-11-12-18(15-20)17(14-16)8-6-7-13-21-19-9-4-3-5-10-19/h2-5,9-12,14-15H,1,6-8,13H2. The molecule has 0 aromatic heterocycles. The van der Waals surface area contributed by atoms with Gasteiger partial charge in [-0.1, -0.05) is 49.1 Å². The summed E-state index contributed by atoms with van der Waals surface area (Å²) in [6.45, 7) is 4.46. The van der Waals surface area contributed by atoms with Gasteiger partial charge in [0.2, 0.25) is 0 Å². The molecular weight excluding hydrogens is 260 g/mol. The van der Waals surface area contributed by atoms with Crippen LogP contribution < -0.4 is 4.74 Å². The van der Waals surface area contributed by atoms with E-state index in [-0.39, 0.29) is 0 Å². The highest BCUT2D eigenvalue weighted by Crippen LogP contribution is 2.15. The average Bonchev–Trinajstić information content (AvgIpc) is 2.55. The largest absolute Gasteiger partial charge is 0.494 e. The number of para-hydroxylation sites is 1. The lowest BCUT2D eigenvalue weighted by Gasteiger charge is -2.08. The Bertz CT molecular complexity index is 588. The smallest absolute Gasteiger partial charge is 0.150 e. The van der Waals surface area contributed by atoms with Crippen LogP contribution in [-0.4, -0.2) is 12.9 Å². The van der Waals surface area contributed by atoms with Crippen LogP contribution in [0.4, 0.5) is 0 Å². The third-order valence-corrected chi connectivity index (χ3v) is 3.38. The maximum Gasteiger partial charge on any atom is 0.150 e. The Hall–Kier alpha value is -2.35. The van der Waals surface area contributed by atoms with E-state index in [9.17, 15) is 4.79 Å². The zero-order valence-electron chi connectivity index (χ0n) is 12.1. The summed E-state index contributed by atoms with van der Waals surface area (Å²) in [6.07, 6.45) is 5.56. The summed E-state index contributed by atoms with van der Waals surface area (Å²) in [5.41, 5.74) is 2.91. The summed E-state index contributed by atoms with van der Waals surface area (Å²) in [5, 5.41) is 0. The van der Waals surface area contributed by atoms with Gasteiger partial charge >= 0.3 is 0 Å². The van der Waals surface area contributed by atoms with Crippen LogP contribution in [-0.2, 0) is 6.42 Å². The van der Waals surface area contributed by atoms with Crippen molar-refractivity contribution in [1.29, 1.82) is 0 Å². The monoisotopic (exact) mass is 280 g/mol. The SMILES string of the molecule is C=Cc1ccc(C=O)c(CCCCOc2ccccc2)c1. The van der Waals surface area contributed by atoms with Crippen LogP contribution in [0, 0.1) is 0 Å². The van der Waals surface area contributed by atoms with Crippen molar-refractivity contribution in [2.24, 2.45) is 0 Å². The Labute approximate surface area is 126 Å². The molecule has 0 aliphatic heterocycles. The lowest BCUT2D eigenvalue weighted by atomic mass is 10.00. The average molecular weight is 280 g/mol. The number of benzene rings is 2. The van der Waals surface area contributed by atoms with Gasteiger partial charge in [0.1, 0.15) is 12.0 Å². The minimum Gasteiger partial charge on any atom is -0.494 e. The van der Waals surface area contributed by atoms with Crippen LogP contribution >= 0.6 is 0 Å². The molecule has 2 nitrogen and oxygen atoms in total. The molecule has 0 bridgehead atoms. The highest BCUT2D eigenvalue weighted by atomic mass is 16.5. The second-order valence-electron chi connectivity index (χ2n) is 4.90. The summed E-state index contributed by atoms with van der Waals surface area (Å²) < 4.78 is 5.66. The van der Waals surface area contributed by atoms with Crippen molar-refractivity contribution in [3.63, 3.8) is 0 Å². The molecule has 2 aromatic carbocycles. The number of aryl methyl sites for hydroxylation is 1. The molecule has 0 atom stereocenters. The maximum absolute atomic E-state index is 11.1. The maximum atomic E-state index is 11.1. The second-order valence-corrected chi connectivity index (χ2v) is 4.90. The summed E-state index contributed by atoms with van der Waals surface area (Å²) in [5.74, 6) is 0.903. The Balaban J connectivity index is 1.80. The molecule has 2 heteroatoms. The van der Waals surface area contributed by atoms with Gasteiger partial charge in [0.05, 0.1) is 6.61 Å². The summed E-state index contributed by atoms with van der Waals surface area (Å²) >= 11 is 0. The number of ether oxygens (including phenoxy) is 1. The Morgan fingerprint density at radius 2 is 1.86 bits per heavy atom. The predicted molar refractivity (Wildman–Crippen MR) is 86.8 cm³/mol. The van der Waals surface area contributed by atoms with Crippen molar-refractivity contribution in [1.82, 2.24) is 0 Å². The van der Waals surface area contributed by atoms with Gasteiger partial charge in [-0.3, -0.25) is 4.79 Å². The Kier molecular flexibility index (Phi) is 5.77. The molecule has 0 fully saturated rings. The molecule has 0 N–H and O–H groups in total. The number of hydrogen-bond acceptors (Lipinski definition) is 2. The van der Waals surface area contributed by atoms with Crippen LogP contribution in [0.25, 0.3) is 6.08 Å². The van der Waals surface area contributed by atoms with Gasteiger partial charge in [-0.15, -0.1) is 0 Å². The van der Waals surface area contributed by atoms with Crippen molar-refractivity contribution in [2.45, 2.75) is 19.3 Å². The molecule has 0 heterocycles. The molecule has 0 aliphatic rings. The van der Waals surface area contributed by atoms with Crippen molar-refractivity contribution in [2.75, 3.05) is 6.61 Å². The second kappa shape index (κ2) is 8.05. The van der Waals surface area contributed by atoms with Gasteiger partial charge in [0.25, 0.3) is 0 Å². The van der Waals surface area contributed by atoms with Crippen molar-refractivity contribution < 1.29 is 9.53 Å². The van der Waals surface area contributed by atoms with Crippen LogP contribution in [0.5, 0.6) is 5.75 Å². The molecular formula is C19H20O2. The molecule has 0 saturated carbocycles. The quantitative estimate of drug-likeness (QED) is 0.524. The summed E-state index contributed by atoms with van der Waals surface area (Å²) in [7, 11) is 0. The molecule has 21 heavy (non-hydrogen) atoms. The normalized spacial score (nSPS) is 10.1. The molecule has 0 spiro atoms. The van der Waals surface area contributed by atoms with Crippen molar-refractivity contribution >= 4 is 12.4 Å². The highest BCUT2D eigenvalue weighted by molar-refractivity contribution is 5.78. The fraction of sp³-hybridized carbons (Fsp3) is 0.211. The van der Waals surface area contributed by atoms with Gasteiger partial charge in [-0.2, -0.15) is 0 Å². The lowest BCUT2D eigenvalue weighted by molar-refractivity contribution is 0.112. The first-order valence-electron chi connectivity index (χ1n) is 7.22. The summed E-state index contributed by atoms with van der Waals surface area (Å²) in [4.78, 5) is 11.1. The molecule has 0 radical (unpaired) electrons. The highest BCUT2D eigenvalue weighted by Gasteiger charge is 2.02. The third-order valence-electron chi connectivity index (χ3n) is 3.38. The molecule has 0 aliphatic carbocycles. The molecule has 0 saturated heterocycles. The van der Waals surface area contributed by atoms with Gasteiger partial charge in [0.15, 0.2) is 0 Å². The third kappa shape index (κ3) is 4.60. The van der Waals surface area contributed by atoms with Crippen LogP contribution in [0.2, 0.25) is 0 Å². The fourth-order valence-corrected chi connectivity index (χ4v) is 2.21. The fourth-order valence-electron chi connectivity index (χ4n) is 2.21. The van der Waals surface area contributed by atoms with E-state index < -0.39 is 0 Å². The number of aldehydes is 1. The van der Waals surface area contributed by atoms with Crippen LogP contribution in [0.15, 0.2) is 55.1 Å². The van der Waals surface area contributed by atoms with E-state index in [1.165, 1.54) is 0 Å². The first-order chi connectivity index (χ1) is 10.3. The predicted octanol–water partition coefficient (Wildman–Crippen LogP) is 4.54. The molecule has 0 amide bonds. The topological polar surface area (TPSA) is 26.3 Å². The van der Waals surface area contributed by atoms with Gasteiger partial charge in [-0.05, 0) is 42.5 Å². The number of hydrogen-bond donors (Lipinski definition) is 0. The molecule has 2 rings (SSSR count). The van der Waals surface area contributed by atoms with E-state index in [1.807, 2.05) is 48.5 Å². The Morgan fingerprint density at radius 1 is 1.05 bits per heavy atom. The first kappa shape index (κ1) is 15.0. The minimum absolute atomic E-state index is 0.696. The lowest BCUT2D eigenvalue weighted by Crippen LogP contribution is -1.99. The molecule has 108 valence electrons. The number of rotatable bonds is 8. The van der Waals surface area contributed by atoms with E-state index in [0.29, 0.717) is 6.61 Å². The van der Waals surface area contributed by atoms with E-state index in [2.05, 4.69) is 6.58 Å². The van der Waals surface area contributed by atoms with E-state index in [1.54, 1.807) is 6.08 Å². The van der Waals surface area contributed by atoms with Gasteiger partial charge in [0, 0.05) is 5.56 Å². The van der Waals surface area contributed by atoms with Gasteiger partial charge in [-0.25, -0.2) is 0 Å². The van der Waals surface area contributed by atoms with E-state index in [0.717, 1.165) is 48.0 Å². The van der Waals surface area contributed by atoms with Crippen LogP contribution in [0.3, 0.4) is 0 Å². The van der Waals surface area contributed by atoms with Gasteiger partial charge < -0.3 is 4.74 Å². The van der Waals surface area contributed by atoms with E-state index >= 15 is 0 Å². The minimum atomic E-state index is 0.696. The zero-order chi connectivity index (χ0) is 14.9. The van der Waals surface area contributed by atoms with Crippen molar-refractivity contribution in [3.05, 3.63) is 71.8 Å². The molecule has 0 unspecified atom stereocenters.